The fourth-order valence-corrected chi connectivity index (χ4v) is 1.84. The third-order valence-electron chi connectivity index (χ3n) is 2.78. The van der Waals surface area contributed by atoms with Crippen LogP contribution in [0.1, 0.15) is 16.1 Å². The normalized spacial score (nSPS) is 10.2. The molecule has 0 fully saturated rings. The summed E-state index contributed by atoms with van der Waals surface area (Å²) in [6.45, 7) is 1.89. The number of hydrogen-bond acceptors (Lipinski definition) is 5. The summed E-state index contributed by atoms with van der Waals surface area (Å²) in [5.41, 5.74) is 7.57. The maximum Gasteiger partial charge on any atom is 0.360 e. The van der Waals surface area contributed by atoms with Crippen molar-refractivity contribution in [3.63, 3.8) is 0 Å². The number of aromatic nitrogens is 2. The minimum atomic E-state index is -0.634. The van der Waals surface area contributed by atoms with E-state index in [9.17, 15) is 9.59 Å². The summed E-state index contributed by atoms with van der Waals surface area (Å²) in [7, 11) is 1.24. The van der Waals surface area contributed by atoms with Gasteiger partial charge in [0, 0.05) is 11.9 Å². The van der Waals surface area contributed by atoms with E-state index in [0.717, 1.165) is 5.56 Å². The van der Waals surface area contributed by atoms with Crippen LogP contribution in [0.15, 0.2) is 30.5 Å². The van der Waals surface area contributed by atoms with E-state index in [1.807, 2.05) is 25.1 Å². The fraction of sp³-hybridized carbons (Fsp3) is 0.214. The summed E-state index contributed by atoms with van der Waals surface area (Å²) in [5.74, 6) is -0.898. The van der Waals surface area contributed by atoms with E-state index >= 15 is 0 Å². The summed E-state index contributed by atoms with van der Waals surface area (Å²) in [6, 6.07) is 7.44. The van der Waals surface area contributed by atoms with Gasteiger partial charge in [-0.25, -0.2) is 4.79 Å². The van der Waals surface area contributed by atoms with Crippen molar-refractivity contribution < 1.29 is 14.3 Å². The molecule has 0 saturated heterocycles. The number of benzene rings is 1. The number of carbonyl (C=O) groups excluding carboxylic acids is 2. The first-order valence-corrected chi connectivity index (χ1v) is 6.27. The molecule has 1 aromatic carbocycles. The number of nitrogen functional groups attached to an aromatic ring is 1. The predicted octanol–water partition coefficient (Wildman–Crippen LogP) is 1.20. The monoisotopic (exact) mass is 288 g/mol. The molecule has 1 heterocycles. The summed E-state index contributed by atoms with van der Waals surface area (Å²) in [6.07, 6.45) is 1.42. The van der Waals surface area contributed by atoms with Crippen molar-refractivity contribution in [1.82, 2.24) is 9.78 Å². The second kappa shape index (κ2) is 6.08. The van der Waals surface area contributed by atoms with E-state index in [-0.39, 0.29) is 23.8 Å². The van der Waals surface area contributed by atoms with E-state index in [4.69, 9.17) is 5.73 Å². The van der Waals surface area contributed by atoms with Crippen molar-refractivity contribution in [2.75, 3.05) is 18.2 Å². The zero-order valence-electron chi connectivity index (χ0n) is 11.8. The highest BCUT2D eigenvalue weighted by atomic mass is 16.5. The number of carbonyl (C=O) groups is 2. The van der Waals surface area contributed by atoms with Crippen molar-refractivity contribution in [2.45, 2.75) is 13.5 Å². The summed E-state index contributed by atoms with van der Waals surface area (Å²) in [4.78, 5) is 23.3. The van der Waals surface area contributed by atoms with Gasteiger partial charge in [0.05, 0.1) is 12.8 Å². The molecule has 0 bridgehead atoms. The van der Waals surface area contributed by atoms with Gasteiger partial charge >= 0.3 is 5.97 Å². The molecule has 3 N–H and O–H groups in total. The number of methoxy groups -OCH3 is 1. The largest absolute Gasteiger partial charge is 0.464 e. The molecule has 7 nitrogen and oxygen atoms in total. The molecule has 0 aliphatic carbocycles. The summed E-state index contributed by atoms with van der Waals surface area (Å²) >= 11 is 0. The second-order valence-corrected chi connectivity index (χ2v) is 4.54. The number of aryl methyl sites for hydroxylation is 1. The average Bonchev–Trinajstić information content (AvgIpc) is 2.78. The summed E-state index contributed by atoms with van der Waals surface area (Å²) in [5, 5.41) is 6.68. The Labute approximate surface area is 121 Å². The Morgan fingerprint density at radius 2 is 2.19 bits per heavy atom. The molecule has 0 atom stereocenters. The molecule has 2 rings (SSSR count). The molecule has 110 valence electrons. The molecular formula is C14H16N4O3. The van der Waals surface area contributed by atoms with Gasteiger partial charge in [0.1, 0.15) is 6.54 Å². The third-order valence-corrected chi connectivity index (χ3v) is 2.78. The Kier molecular flexibility index (Phi) is 4.22. The van der Waals surface area contributed by atoms with Gasteiger partial charge in [-0.05, 0) is 24.6 Å². The average molecular weight is 288 g/mol. The van der Waals surface area contributed by atoms with Crippen LogP contribution in [0.5, 0.6) is 0 Å². The Morgan fingerprint density at radius 3 is 2.86 bits per heavy atom. The molecule has 0 aliphatic heterocycles. The number of ether oxygens (including phenoxy) is 1. The third kappa shape index (κ3) is 3.59. The van der Waals surface area contributed by atoms with E-state index in [2.05, 4.69) is 15.2 Å². The quantitative estimate of drug-likeness (QED) is 0.823. The Balaban J connectivity index is 2.05. The zero-order valence-corrected chi connectivity index (χ0v) is 11.8. The van der Waals surface area contributed by atoms with E-state index in [1.165, 1.54) is 18.0 Å². The van der Waals surface area contributed by atoms with Gasteiger partial charge in [-0.1, -0.05) is 12.1 Å². The van der Waals surface area contributed by atoms with Gasteiger partial charge in [-0.15, -0.1) is 0 Å². The molecule has 1 amide bonds. The molecule has 0 spiro atoms. The molecule has 0 radical (unpaired) electrons. The van der Waals surface area contributed by atoms with Crippen LogP contribution in [0.25, 0.3) is 0 Å². The molecule has 0 unspecified atom stereocenters. The van der Waals surface area contributed by atoms with Crippen LogP contribution >= 0.6 is 0 Å². The van der Waals surface area contributed by atoms with Gasteiger partial charge in [0.2, 0.25) is 5.91 Å². The fourth-order valence-electron chi connectivity index (χ4n) is 1.84. The topological polar surface area (TPSA) is 99.2 Å². The van der Waals surface area contributed by atoms with E-state index in [1.54, 1.807) is 6.07 Å². The first kappa shape index (κ1) is 14.6. The van der Waals surface area contributed by atoms with Gasteiger partial charge < -0.3 is 15.8 Å². The van der Waals surface area contributed by atoms with E-state index in [0.29, 0.717) is 5.69 Å². The van der Waals surface area contributed by atoms with Crippen LogP contribution in [-0.2, 0) is 16.1 Å². The standard InChI is InChI=1S/C14H16N4O3/c1-9-4-3-5-10(6-9)16-12(19)8-18-7-11(15)13(17-18)14(20)21-2/h3-7H,8,15H2,1-2H3,(H,16,19). The van der Waals surface area contributed by atoms with Crippen molar-refractivity contribution in [3.8, 4) is 0 Å². The zero-order chi connectivity index (χ0) is 15.4. The minimum Gasteiger partial charge on any atom is -0.464 e. The van der Waals surface area contributed by atoms with Gasteiger partial charge in [0.25, 0.3) is 0 Å². The highest BCUT2D eigenvalue weighted by molar-refractivity contribution is 5.93. The number of hydrogen-bond donors (Lipinski definition) is 2. The molecular weight excluding hydrogens is 272 g/mol. The maximum atomic E-state index is 11.9. The summed E-state index contributed by atoms with van der Waals surface area (Å²) < 4.78 is 5.85. The van der Waals surface area contributed by atoms with Crippen LogP contribution in [0, 0.1) is 6.92 Å². The molecule has 1 aromatic heterocycles. The maximum absolute atomic E-state index is 11.9. The lowest BCUT2D eigenvalue weighted by molar-refractivity contribution is -0.116. The number of rotatable bonds is 4. The SMILES string of the molecule is COC(=O)c1nn(CC(=O)Nc2cccc(C)c2)cc1N. The minimum absolute atomic E-state index is 0.000792. The highest BCUT2D eigenvalue weighted by Gasteiger charge is 2.16. The second-order valence-electron chi connectivity index (χ2n) is 4.54. The molecule has 7 heteroatoms. The van der Waals surface area contributed by atoms with Crippen LogP contribution in [0.2, 0.25) is 0 Å². The lowest BCUT2D eigenvalue weighted by Crippen LogP contribution is -2.19. The molecule has 21 heavy (non-hydrogen) atoms. The van der Waals surface area contributed by atoms with Crippen molar-refractivity contribution >= 4 is 23.3 Å². The smallest absolute Gasteiger partial charge is 0.360 e. The van der Waals surface area contributed by atoms with Gasteiger partial charge in [-0.2, -0.15) is 5.10 Å². The Hall–Kier alpha value is -2.83. The van der Waals surface area contributed by atoms with Crippen LogP contribution < -0.4 is 11.1 Å². The van der Waals surface area contributed by atoms with Crippen molar-refractivity contribution in [3.05, 3.63) is 41.7 Å². The Morgan fingerprint density at radius 1 is 1.43 bits per heavy atom. The van der Waals surface area contributed by atoms with Crippen LogP contribution in [0.3, 0.4) is 0 Å². The molecule has 0 aliphatic rings. The number of nitrogens with zero attached hydrogens (tertiary/aromatic N) is 2. The van der Waals surface area contributed by atoms with Gasteiger partial charge in [0.15, 0.2) is 5.69 Å². The molecule has 2 aromatic rings. The van der Waals surface area contributed by atoms with Crippen molar-refractivity contribution in [2.24, 2.45) is 0 Å². The lowest BCUT2D eigenvalue weighted by atomic mass is 10.2. The van der Waals surface area contributed by atoms with E-state index < -0.39 is 5.97 Å². The van der Waals surface area contributed by atoms with Crippen LogP contribution in [-0.4, -0.2) is 28.8 Å². The Bertz CT molecular complexity index is 679. The van der Waals surface area contributed by atoms with Crippen LogP contribution in [0.4, 0.5) is 11.4 Å². The number of esters is 1. The number of anilines is 2. The van der Waals surface area contributed by atoms with Crippen molar-refractivity contribution in [1.29, 1.82) is 0 Å². The highest BCUT2D eigenvalue weighted by Crippen LogP contribution is 2.12. The first-order chi connectivity index (χ1) is 9.99. The number of nitrogens with two attached hydrogens (primary N) is 1. The molecule has 0 saturated carbocycles. The predicted molar refractivity (Wildman–Crippen MR) is 77.8 cm³/mol. The number of nitrogens with one attached hydrogen (secondary N) is 1. The van der Waals surface area contributed by atoms with Gasteiger partial charge in [-0.3, -0.25) is 9.48 Å². The first-order valence-electron chi connectivity index (χ1n) is 6.27. The lowest BCUT2D eigenvalue weighted by Gasteiger charge is -2.05. The number of amides is 1.